The van der Waals surface area contributed by atoms with Gasteiger partial charge in [-0.05, 0) is 64.5 Å². The first-order chi connectivity index (χ1) is 19.3. The number of ketones is 2. The number of anilines is 1. The van der Waals surface area contributed by atoms with Crippen LogP contribution in [0.4, 0.5) is 5.69 Å². The molecule has 0 aliphatic carbocycles. The number of carbonyl (C=O) groups excluding carboxylic acids is 4. The molecule has 3 aromatic carbocycles. The van der Waals surface area contributed by atoms with Gasteiger partial charge in [0.25, 0.3) is 0 Å². The smallest absolute Gasteiger partial charge is 0.240 e. The first kappa shape index (κ1) is 26.4. The van der Waals surface area contributed by atoms with E-state index in [0.717, 1.165) is 4.47 Å². The number of benzene rings is 3. The Morgan fingerprint density at radius 1 is 0.850 bits per heavy atom. The number of carbonyl (C=O) groups is 4. The van der Waals surface area contributed by atoms with Gasteiger partial charge in [-0.3, -0.25) is 19.2 Å². The van der Waals surface area contributed by atoms with Crippen molar-refractivity contribution in [3.05, 3.63) is 117 Å². The Kier molecular flexibility index (Phi) is 6.80. The van der Waals surface area contributed by atoms with Crippen molar-refractivity contribution in [2.75, 3.05) is 12.0 Å². The summed E-state index contributed by atoms with van der Waals surface area (Å²) in [6.07, 6.45) is 5.05. The second-order valence-corrected chi connectivity index (χ2v) is 11.5. The van der Waals surface area contributed by atoms with E-state index in [1.165, 1.54) is 12.0 Å². The number of hydrogen-bond donors (Lipinski definition) is 0. The highest BCUT2D eigenvalue weighted by atomic mass is 79.9. The molecule has 0 spiro atoms. The van der Waals surface area contributed by atoms with E-state index in [9.17, 15) is 19.2 Å². The fourth-order valence-corrected chi connectivity index (χ4v) is 6.59. The number of halogens is 2. The lowest BCUT2D eigenvalue weighted by atomic mass is 9.85. The van der Waals surface area contributed by atoms with Crippen LogP contribution in [0.3, 0.4) is 0 Å². The predicted molar refractivity (Wildman–Crippen MR) is 156 cm³/mol. The lowest BCUT2D eigenvalue weighted by molar-refractivity contribution is -0.123. The Labute approximate surface area is 247 Å². The van der Waals surface area contributed by atoms with Gasteiger partial charge in [0.05, 0.1) is 35.1 Å². The van der Waals surface area contributed by atoms with Crippen LogP contribution in [-0.2, 0) is 9.59 Å². The predicted octanol–water partition coefficient (Wildman–Crippen LogP) is 5.60. The van der Waals surface area contributed by atoms with Crippen molar-refractivity contribution in [3.63, 3.8) is 0 Å². The molecule has 2 fully saturated rings. The van der Waals surface area contributed by atoms with Crippen molar-refractivity contribution >= 4 is 60.9 Å². The molecular weight excluding hydrogens is 640 g/mol. The van der Waals surface area contributed by atoms with Crippen LogP contribution in [0.25, 0.3) is 0 Å². The molecular formula is C31H22Br2N2O5. The molecule has 2 saturated heterocycles. The third-order valence-electron chi connectivity index (χ3n) is 7.64. The molecule has 3 aliphatic heterocycles. The number of ether oxygens (including phenoxy) is 1. The maximum Gasteiger partial charge on any atom is 0.240 e. The second-order valence-electron chi connectivity index (χ2n) is 9.77. The standard InChI is InChI=1S/C31H22Br2N2O5/c1-40-24-12-7-18(15-22(24)33)29(37)27-26-25(30(38)35(31(26)39)21-10-8-20(32)9-11-21)23-16-19(13-14-34(23)27)28(36)17-5-3-2-4-6-17/h2-16,23,25-27H,1H3. The molecule has 3 aromatic rings. The minimum Gasteiger partial charge on any atom is -0.496 e. The third kappa shape index (κ3) is 4.24. The van der Waals surface area contributed by atoms with Gasteiger partial charge in [0.1, 0.15) is 11.8 Å². The molecule has 3 aliphatic rings. The fourth-order valence-electron chi connectivity index (χ4n) is 5.79. The maximum absolute atomic E-state index is 14.1. The van der Waals surface area contributed by atoms with Gasteiger partial charge < -0.3 is 9.64 Å². The summed E-state index contributed by atoms with van der Waals surface area (Å²) in [7, 11) is 1.53. The molecule has 0 bridgehead atoms. The zero-order valence-electron chi connectivity index (χ0n) is 21.2. The molecule has 0 N–H and O–H groups in total. The highest BCUT2D eigenvalue weighted by molar-refractivity contribution is 9.10. The van der Waals surface area contributed by atoms with E-state index in [-0.39, 0.29) is 11.6 Å². The quantitative estimate of drug-likeness (QED) is 0.253. The first-order valence-corrected chi connectivity index (χ1v) is 14.2. The molecule has 3 heterocycles. The number of methoxy groups -OCH3 is 1. The van der Waals surface area contributed by atoms with Crippen LogP contribution in [0.2, 0.25) is 0 Å². The van der Waals surface area contributed by atoms with Gasteiger partial charge in [-0.25, -0.2) is 4.90 Å². The largest absolute Gasteiger partial charge is 0.496 e. The average molecular weight is 662 g/mol. The number of Topliss-reactive ketones (excluding diaryl/α,β-unsaturated/α-hetero) is 2. The number of rotatable bonds is 6. The van der Waals surface area contributed by atoms with Crippen LogP contribution in [0.15, 0.2) is 106 Å². The Morgan fingerprint density at radius 3 is 2.23 bits per heavy atom. The van der Waals surface area contributed by atoms with Crippen LogP contribution in [0.5, 0.6) is 5.75 Å². The van der Waals surface area contributed by atoms with Gasteiger partial charge in [0, 0.05) is 27.4 Å². The molecule has 6 rings (SSSR count). The van der Waals surface area contributed by atoms with Gasteiger partial charge in [0.2, 0.25) is 11.8 Å². The lowest BCUT2D eigenvalue weighted by Gasteiger charge is -2.33. The van der Waals surface area contributed by atoms with E-state index in [1.54, 1.807) is 90.0 Å². The Balaban J connectivity index is 1.43. The molecule has 0 saturated carbocycles. The summed E-state index contributed by atoms with van der Waals surface area (Å²) in [6.45, 7) is 0. The zero-order valence-corrected chi connectivity index (χ0v) is 24.3. The molecule has 200 valence electrons. The maximum atomic E-state index is 14.1. The zero-order chi connectivity index (χ0) is 28.1. The van der Waals surface area contributed by atoms with Crippen molar-refractivity contribution in [2.24, 2.45) is 11.8 Å². The second kappa shape index (κ2) is 10.3. The molecule has 2 amide bonds. The molecule has 7 nitrogen and oxygen atoms in total. The summed E-state index contributed by atoms with van der Waals surface area (Å²) in [6, 6.07) is 19.2. The molecule has 0 aromatic heterocycles. The summed E-state index contributed by atoms with van der Waals surface area (Å²) >= 11 is 6.83. The van der Waals surface area contributed by atoms with Crippen molar-refractivity contribution in [2.45, 2.75) is 12.1 Å². The highest BCUT2D eigenvalue weighted by Gasteiger charge is 2.63. The Morgan fingerprint density at radius 2 is 1.55 bits per heavy atom. The average Bonchev–Trinajstić information content (AvgIpc) is 3.44. The van der Waals surface area contributed by atoms with Gasteiger partial charge in [0.15, 0.2) is 11.6 Å². The molecule has 40 heavy (non-hydrogen) atoms. The van der Waals surface area contributed by atoms with E-state index in [1.807, 2.05) is 6.07 Å². The minimum atomic E-state index is -0.937. The van der Waals surface area contributed by atoms with E-state index < -0.39 is 35.7 Å². The number of nitrogens with zero attached hydrogens (tertiary/aromatic N) is 2. The van der Waals surface area contributed by atoms with Crippen molar-refractivity contribution in [3.8, 4) is 5.75 Å². The van der Waals surface area contributed by atoms with Crippen LogP contribution in [0.1, 0.15) is 20.7 Å². The SMILES string of the molecule is COc1ccc(C(=O)C2C3C(=O)N(c4ccc(Br)cc4)C(=O)C3C3C=C(C(=O)c4ccccc4)C=CN32)cc1Br. The summed E-state index contributed by atoms with van der Waals surface area (Å²) in [5.41, 5.74) is 1.74. The Bertz CT molecular complexity index is 1620. The van der Waals surface area contributed by atoms with Gasteiger partial charge in [-0.1, -0.05) is 52.3 Å². The first-order valence-electron chi connectivity index (χ1n) is 12.6. The lowest BCUT2D eigenvalue weighted by Crippen LogP contribution is -2.46. The fraction of sp³-hybridized carbons (Fsp3) is 0.161. The van der Waals surface area contributed by atoms with Crippen molar-refractivity contribution in [1.82, 2.24) is 4.90 Å². The van der Waals surface area contributed by atoms with Gasteiger partial charge in [-0.15, -0.1) is 0 Å². The number of imide groups is 1. The molecule has 0 radical (unpaired) electrons. The topological polar surface area (TPSA) is 84.0 Å². The third-order valence-corrected chi connectivity index (χ3v) is 8.78. The van der Waals surface area contributed by atoms with E-state index in [2.05, 4.69) is 31.9 Å². The summed E-state index contributed by atoms with van der Waals surface area (Å²) in [4.78, 5) is 58.2. The molecule has 9 heteroatoms. The van der Waals surface area contributed by atoms with Crippen LogP contribution < -0.4 is 9.64 Å². The van der Waals surface area contributed by atoms with Crippen molar-refractivity contribution in [1.29, 1.82) is 0 Å². The Hall–Kier alpha value is -3.82. The van der Waals surface area contributed by atoms with E-state index in [0.29, 0.717) is 32.6 Å². The molecule has 4 atom stereocenters. The van der Waals surface area contributed by atoms with E-state index >= 15 is 0 Å². The van der Waals surface area contributed by atoms with Crippen LogP contribution >= 0.6 is 31.9 Å². The minimum absolute atomic E-state index is 0.191. The van der Waals surface area contributed by atoms with Crippen LogP contribution in [-0.4, -0.2) is 47.5 Å². The summed E-state index contributed by atoms with van der Waals surface area (Å²) in [5.74, 6) is -2.51. The number of hydrogen-bond acceptors (Lipinski definition) is 6. The van der Waals surface area contributed by atoms with Crippen LogP contribution in [0, 0.1) is 11.8 Å². The normalized spacial score (nSPS) is 23.1. The molecule has 4 unspecified atom stereocenters. The number of fused-ring (bicyclic) bond motifs is 3. The number of amides is 2. The van der Waals surface area contributed by atoms with Gasteiger partial charge >= 0.3 is 0 Å². The summed E-state index contributed by atoms with van der Waals surface area (Å²) < 4.78 is 6.71. The van der Waals surface area contributed by atoms with Gasteiger partial charge in [-0.2, -0.15) is 0 Å². The van der Waals surface area contributed by atoms with E-state index in [4.69, 9.17) is 4.74 Å². The number of allylic oxidation sites excluding steroid dienone is 2. The van der Waals surface area contributed by atoms with Crippen molar-refractivity contribution < 1.29 is 23.9 Å². The summed E-state index contributed by atoms with van der Waals surface area (Å²) in [5, 5.41) is 0. The highest BCUT2D eigenvalue weighted by Crippen LogP contribution is 2.47. The monoisotopic (exact) mass is 660 g/mol.